The number of halogens is 1. The van der Waals surface area contributed by atoms with E-state index in [1.54, 1.807) is 7.11 Å². The molecule has 3 unspecified atom stereocenters. The van der Waals surface area contributed by atoms with Gasteiger partial charge in [-0.25, -0.2) is 4.57 Å². The minimum atomic E-state index is -0.352. The number of ether oxygens (including phenoxy) is 4. The molecule has 6 heteroatoms. The summed E-state index contributed by atoms with van der Waals surface area (Å²) in [7, 11) is 1.71. The molecule has 35 heavy (non-hydrogen) atoms. The van der Waals surface area contributed by atoms with Crippen molar-refractivity contribution in [3.63, 3.8) is 0 Å². The lowest BCUT2D eigenvalue weighted by atomic mass is 10.0. The van der Waals surface area contributed by atoms with Gasteiger partial charge in [0.25, 0.3) is 0 Å². The van der Waals surface area contributed by atoms with Crippen LogP contribution in [0.3, 0.4) is 0 Å². The maximum atomic E-state index is 6.31. The number of hydrogen-bond donors (Lipinski definition) is 0. The minimum Gasteiger partial charge on any atom is -1.00 e. The van der Waals surface area contributed by atoms with Gasteiger partial charge in [-0.1, -0.05) is 90.5 Å². The van der Waals surface area contributed by atoms with Crippen LogP contribution in [-0.4, -0.2) is 45.4 Å². The van der Waals surface area contributed by atoms with Gasteiger partial charge in [-0.15, -0.1) is 0 Å². The Morgan fingerprint density at radius 3 is 1.91 bits per heavy atom. The third kappa shape index (κ3) is 19.1. The van der Waals surface area contributed by atoms with Crippen LogP contribution in [0.5, 0.6) is 0 Å². The molecule has 0 aliphatic carbocycles. The van der Waals surface area contributed by atoms with E-state index in [-0.39, 0.29) is 30.9 Å². The largest absolute Gasteiger partial charge is 1.00 e. The highest BCUT2D eigenvalue weighted by Crippen LogP contribution is 2.17. The average Bonchev–Trinajstić information content (AvgIpc) is 2.87. The van der Waals surface area contributed by atoms with Crippen LogP contribution >= 0.6 is 0 Å². The first-order chi connectivity index (χ1) is 16.7. The Morgan fingerprint density at radius 1 is 0.743 bits per heavy atom. The maximum absolute atomic E-state index is 6.31. The molecule has 1 rings (SSSR count). The van der Waals surface area contributed by atoms with Crippen LogP contribution in [0, 0.1) is 0 Å². The number of aromatic nitrogens is 1. The number of nitrogens with zero attached hydrogens (tertiary/aromatic N) is 1. The normalized spacial score (nSPS) is 13.8. The van der Waals surface area contributed by atoms with E-state index in [0.717, 1.165) is 19.4 Å². The second-order valence-electron chi connectivity index (χ2n) is 9.40. The molecule has 0 aromatic carbocycles. The summed E-state index contributed by atoms with van der Waals surface area (Å²) in [5.41, 5.74) is 0. The molecule has 206 valence electrons. The molecule has 0 aliphatic heterocycles. The topological polar surface area (TPSA) is 40.8 Å². The van der Waals surface area contributed by atoms with Crippen LogP contribution in [0.1, 0.15) is 104 Å². The molecule has 1 aromatic heterocycles. The molecule has 0 bridgehead atoms. The smallest absolute Gasteiger partial charge is 0.183 e. The number of hydrogen-bond acceptors (Lipinski definition) is 4. The van der Waals surface area contributed by atoms with Crippen molar-refractivity contribution in [2.45, 2.75) is 129 Å². The van der Waals surface area contributed by atoms with E-state index in [0.29, 0.717) is 19.8 Å². The van der Waals surface area contributed by atoms with Crippen molar-refractivity contribution in [1.82, 2.24) is 0 Å². The summed E-state index contributed by atoms with van der Waals surface area (Å²) in [6, 6.07) is 6.07. The van der Waals surface area contributed by atoms with E-state index in [1.807, 2.05) is 37.5 Å². The Balaban J connectivity index is 0.0000116. The zero-order valence-electron chi connectivity index (χ0n) is 23.1. The predicted octanol–water partition coefficient (Wildman–Crippen LogP) is 3.87. The molecule has 0 fully saturated rings. The van der Waals surface area contributed by atoms with E-state index in [1.165, 1.54) is 70.6 Å². The zero-order chi connectivity index (χ0) is 24.7. The lowest BCUT2D eigenvalue weighted by Crippen LogP contribution is -3.00. The van der Waals surface area contributed by atoms with Crippen molar-refractivity contribution in [1.29, 1.82) is 0 Å². The number of pyridine rings is 1. The number of unbranched alkanes of at least 4 members (excludes halogenated alkanes) is 10. The summed E-state index contributed by atoms with van der Waals surface area (Å²) >= 11 is 0. The van der Waals surface area contributed by atoms with Crippen molar-refractivity contribution < 1.29 is 35.9 Å². The molecule has 0 N–H and O–H groups in total. The molecular formula is C29H54ClNO4. The van der Waals surface area contributed by atoms with Gasteiger partial charge in [-0.05, 0) is 19.8 Å². The van der Waals surface area contributed by atoms with Gasteiger partial charge in [0.05, 0.1) is 19.3 Å². The maximum Gasteiger partial charge on any atom is 0.183 e. The third-order valence-corrected chi connectivity index (χ3v) is 6.45. The van der Waals surface area contributed by atoms with Crippen LogP contribution in [0.25, 0.3) is 0 Å². The first-order valence-electron chi connectivity index (χ1n) is 14.0. The molecule has 0 radical (unpaired) electrons. The van der Waals surface area contributed by atoms with E-state index in [9.17, 15) is 0 Å². The molecule has 0 saturated heterocycles. The van der Waals surface area contributed by atoms with E-state index in [4.69, 9.17) is 18.9 Å². The fourth-order valence-corrected chi connectivity index (χ4v) is 4.07. The molecule has 0 amide bonds. The highest BCUT2D eigenvalue weighted by atomic mass is 35.5. The average molecular weight is 516 g/mol. The Morgan fingerprint density at radius 2 is 1.34 bits per heavy atom. The van der Waals surface area contributed by atoms with Crippen molar-refractivity contribution >= 4 is 0 Å². The first-order valence-corrected chi connectivity index (χ1v) is 14.0. The fraction of sp³-hybridized carbons (Fsp3) is 0.828. The summed E-state index contributed by atoms with van der Waals surface area (Å²) in [5, 5.41) is 0. The Hall–Kier alpha value is -0.720. The van der Waals surface area contributed by atoms with Crippen LogP contribution in [0.4, 0.5) is 0 Å². The van der Waals surface area contributed by atoms with Gasteiger partial charge >= 0.3 is 0 Å². The van der Waals surface area contributed by atoms with Gasteiger partial charge < -0.3 is 31.4 Å². The predicted molar refractivity (Wildman–Crippen MR) is 140 cm³/mol. The lowest BCUT2D eigenvalue weighted by Gasteiger charge is -2.28. The summed E-state index contributed by atoms with van der Waals surface area (Å²) in [4.78, 5) is 0. The van der Waals surface area contributed by atoms with Crippen LogP contribution in [0.15, 0.2) is 30.6 Å². The summed E-state index contributed by atoms with van der Waals surface area (Å²) in [6.45, 7) is 9.05. The minimum absolute atomic E-state index is 0. The SMILES string of the molecule is CCCCCCCCCCCCCC(CC)OC(OCCOCC[n+]1ccccc1)C(C)OC.[Cl-]. The standard InChI is InChI=1S/C29H54NO4.ClH/c1-5-7-8-9-10-11-12-13-14-15-17-20-28(6-2)34-29(27(3)31-4)33-26-25-32-24-23-30-21-18-16-19-22-30;/h16,18-19,21-22,27-29H,5-15,17,20,23-26H2,1-4H3;1H/q+1;/p-1. The monoisotopic (exact) mass is 515 g/mol. The quantitative estimate of drug-likeness (QED) is 0.119. The summed E-state index contributed by atoms with van der Waals surface area (Å²) in [6.07, 6.45) is 21.0. The van der Waals surface area contributed by atoms with Crippen LogP contribution in [-0.2, 0) is 25.5 Å². The summed E-state index contributed by atoms with van der Waals surface area (Å²) in [5.74, 6) is 0. The first kappa shape index (κ1) is 34.3. The zero-order valence-corrected chi connectivity index (χ0v) is 23.9. The van der Waals surface area contributed by atoms with Crippen molar-refractivity contribution in [2.24, 2.45) is 0 Å². The van der Waals surface area contributed by atoms with E-state index in [2.05, 4.69) is 18.4 Å². The van der Waals surface area contributed by atoms with E-state index >= 15 is 0 Å². The molecule has 1 aromatic rings. The van der Waals surface area contributed by atoms with Gasteiger partial charge in [-0.3, -0.25) is 0 Å². The Bertz CT molecular complexity index is 549. The fourth-order valence-electron chi connectivity index (χ4n) is 4.07. The number of methoxy groups -OCH3 is 1. The van der Waals surface area contributed by atoms with Crippen LogP contribution < -0.4 is 17.0 Å². The molecule has 0 saturated carbocycles. The highest BCUT2D eigenvalue weighted by Gasteiger charge is 2.22. The molecule has 3 atom stereocenters. The molecular weight excluding hydrogens is 462 g/mol. The Kier molecular flexibility index (Phi) is 24.4. The molecule has 5 nitrogen and oxygen atoms in total. The highest BCUT2D eigenvalue weighted by molar-refractivity contribution is 4.83. The van der Waals surface area contributed by atoms with Gasteiger partial charge in [0.2, 0.25) is 0 Å². The Labute approximate surface area is 222 Å². The molecule has 1 heterocycles. The lowest BCUT2D eigenvalue weighted by molar-refractivity contribution is -0.698. The van der Waals surface area contributed by atoms with Crippen molar-refractivity contribution in [3.05, 3.63) is 30.6 Å². The van der Waals surface area contributed by atoms with Crippen LogP contribution in [0.2, 0.25) is 0 Å². The van der Waals surface area contributed by atoms with Gasteiger partial charge in [0, 0.05) is 19.2 Å². The molecule has 0 aliphatic rings. The number of rotatable bonds is 24. The van der Waals surface area contributed by atoms with Gasteiger partial charge in [0.15, 0.2) is 25.2 Å². The second-order valence-corrected chi connectivity index (χ2v) is 9.40. The van der Waals surface area contributed by atoms with Gasteiger partial charge in [0.1, 0.15) is 12.7 Å². The second kappa shape index (κ2) is 25.0. The third-order valence-electron chi connectivity index (χ3n) is 6.45. The van der Waals surface area contributed by atoms with Gasteiger partial charge in [-0.2, -0.15) is 0 Å². The van der Waals surface area contributed by atoms with Crippen molar-refractivity contribution in [2.75, 3.05) is 26.9 Å². The van der Waals surface area contributed by atoms with E-state index < -0.39 is 0 Å². The van der Waals surface area contributed by atoms with Crippen molar-refractivity contribution in [3.8, 4) is 0 Å². The molecule has 0 spiro atoms. The summed E-state index contributed by atoms with van der Waals surface area (Å²) < 4.78 is 25.7.